The van der Waals surface area contributed by atoms with Crippen molar-refractivity contribution in [2.45, 2.75) is 58.5 Å². The van der Waals surface area contributed by atoms with Crippen molar-refractivity contribution in [2.75, 3.05) is 7.05 Å². The van der Waals surface area contributed by atoms with E-state index in [2.05, 4.69) is 10.6 Å². The molecule has 19 heavy (non-hydrogen) atoms. The molecule has 5 heteroatoms. The molecule has 1 aliphatic rings. The second-order valence-corrected chi connectivity index (χ2v) is 6.19. The molecule has 0 saturated heterocycles. The average molecular weight is 269 g/mol. The van der Waals surface area contributed by atoms with Gasteiger partial charge in [0.1, 0.15) is 6.04 Å². The van der Waals surface area contributed by atoms with Crippen LogP contribution in [0.4, 0.5) is 0 Å². The van der Waals surface area contributed by atoms with E-state index in [0.717, 1.165) is 19.3 Å². The summed E-state index contributed by atoms with van der Waals surface area (Å²) in [4.78, 5) is 24.2. The first-order chi connectivity index (χ1) is 8.81. The Bertz CT molecular complexity index is 344. The Kier molecular flexibility index (Phi) is 5.35. The predicted molar refractivity (Wildman–Crippen MR) is 75.4 cm³/mol. The second-order valence-electron chi connectivity index (χ2n) is 6.19. The molecule has 2 amide bonds. The van der Waals surface area contributed by atoms with Gasteiger partial charge in [-0.3, -0.25) is 9.59 Å². The molecule has 1 saturated carbocycles. The zero-order valence-corrected chi connectivity index (χ0v) is 12.5. The number of carbonyl (C=O) groups is 2. The molecule has 0 radical (unpaired) electrons. The lowest BCUT2D eigenvalue weighted by Gasteiger charge is -2.30. The molecule has 3 atom stereocenters. The Morgan fingerprint density at radius 3 is 2.47 bits per heavy atom. The molecule has 5 nitrogen and oxygen atoms in total. The highest BCUT2D eigenvalue weighted by Gasteiger charge is 2.43. The van der Waals surface area contributed by atoms with Crippen LogP contribution in [-0.4, -0.2) is 30.9 Å². The Hall–Kier alpha value is -1.10. The molecule has 1 rings (SSSR count). The van der Waals surface area contributed by atoms with Gasteiger partial charge in [0.25, 0.3) is 0 Å². The molecule has 1 fully saturated rings. The minimum absolute atomic E-state index is 0.0910. The summed E-state index contributed by atoms with van der Waals surface area (Å²) in [5.41, 5.74) is 5.50. The van der Waals surface area contributed by atoms with E-state index in [1.165, 1.54) is 0 Å². The molecule has 1 aliphatic carbocycles. The van der Waals surface area contributed by atoms with E-state index >= 15 is 0 Å². The Morgan fingerprint density at radius 1 is 1.42 bits per heavy atom. The maximum Gasteiger partial charge on any atom is 0.242 e. The quantitative estimate of drug-likeness (QED) is 0.689. The summed E-state index contributed by atoms with van der Waals surface area (Å²) < 4.78 is 0. The summed E-state index contributed by atoms with van der Waals surface area (Å²) in [7, 11) is 1.59. The van der Waals surface area contributed by atoms with Crippen molar-refractivity contribution < 1.29 is 9.59 Å². The van der Waals surface area contributed by atoms with Crippen molar-refractivity contribution >= 4 is 11.8 Å². The van der Waals surface area contributed by atoms with E-state index < -0.39 is 11.5 Å². The third-order valence-electron chi connectivity index (χ3n) is 4.12. The van der Waals surface area contributed by atoms with Crippen molar-refractivity contribution in [1.29, 1.82) is 0 Å². The summed E-state index contributed by atoms with van der Waals surface area (Å²) in [5, 5.41) is 5.49. The third kappa shape index (κ3) is 3.69. The van der Waals surface area contributed by atoms with Gasteiger partial charge in [-0.1, -0.05) is 20.3 Å². The van der Waals surface area contributed by atoms with Crippen LogP contribution in [0, 0.1) is 11.3 Å². The van der Waals surface area contributed by atoms with Gasteiger partial charge in [-0.25, -0.2) is 0 Å². The Balaban J connectivity index is 2.73. The summed E-state index contributed by atoms with van der Waals surface area (Å²) in [6, 6.07) is -0.584. The van der Waals surface area contributed by atoms with E-state index in [0.29, 0.717) is 12.3 Å². The first-order valence-corrected chi connectivity index (χ1v) is 7.09. The molecule has 0 aromatic heterocycles. The lowest BCUT2D eigenvalue weighted by molar-refractivity contribution is -0.135. The van der Waals surface area contributed by atoms with Crippen LogP contribution in [0.5, 0.6) is 0 Å². The first-order valence-electron chi connectivity index (χ1n) is 7.09. The van der Waals surface area contributed by atoms with E-state index in [9.17, 15) is 9.59 Å². The molecular formula is C14H27N3O2. The zero-order chi connectivity index (χ0) is 14.6. The van der Waals surface area contributed by atoms with Crippen molar-refractivity contribution in [2.24, 2.45) is 17.1 Å². The van der Waals surface area contributed by atoms with Crippen molar-refractivity contribution in [3.05, 3.63) is 0 Å². The SMILES string of the molecule is CNC(=O)C(CC(C)C)NC(=O)C1(C)CCCC1N. The maximum absolute atomic E-state index is 12.4. The molecule has 0 spiro atoms. The summed E-state index contributed by atoms with van der Waals surface area (Å²) in [6.45, 7) is 5.96. The van der Waals surface area contributed by atoms with Gasteiger partial charge in [-0.2, -0.15) is 0 Å². The fourth-order valence-corrected chi connectivity index (χ4v) is 2.68. The zero-order valence-electron chi connectivity index (χ0n) is 12.5. The van der Waals surface area contributed by atoms with Gasteiger partial charge in [0.05, 0.1) is 5.41 Å². The van der Waals surface area contributed by atoms with Crippen LogP contribution in [0.25, 0.3) is 0 Å². The molecule has 0 aromatic carbocycles. The molecule has 0 heterocycles. The van der Waals surface area contributed by atoms with Gasteiger partial charge in [0.2, 0.25) is 11.8 Å². The number of carbonyl (C=O) groups excluding carboxylic acids is 2. The van der Waals surface area contributed by atoms with Gasteiger partial charge in [-0.05, 0) is 32.1 Å². The largest absolute Gasteiger partial charge is 0.357 e. The normalized spacial score (nSPS) is 28.2. The van der Waals surface area contributed by atoms with Crippen LogP contribution in [0.3, 0.4) is 0 Å². The van der Waals surface area contributed by atoms with Crippen molar-refractivity contribution in [3.8, 4) is 0 Å². The average Bonchev–Trinajstić information content (AvgIpc) is 2.68. The minimum atomic E-state index is -0.538. The van der Waals surface area contributed by atoms with Crippen molar-refractivity contribution in [1.82, 2.24) is 10.6 Å². The Morgan fingerprint density at radius 2 is 2.05 bits per heavy atom. The van der Waals surface area contributed by atoms with Crippen LogP contribution >= 0.6 is 0 Å². The number of hydrogen-bond donors (Lipinski definition) is 3. The lowest BCUT2D eigenvalue weighted by atomic mass is 9.83. The minimum Gasteiger partial charge on any atom is -0.357 e. The molecule has 4 N–H and O–H groups in total. The van der Waals surface area contributed by atoms with Gasteiger partial charge >= 0.3 is 0 Å². The summed E-state index contributed by atoms with van der Waals surface area (Å²) in [5.74, 6) is 0.108. The molecule has 0 aromatic rings. The number of hydrogen-bond acceptors (Lipinski definition) is 3. The van der Waals surface area contributed by atoms with Gasteiger partial charge < -0.3 is 16.4 Å². The first kappa shape index (κ1) is 16.0. The number of amides is 2. The highest BCUT2D eigenvalue weighted by atomic mass is 16.2. The monoisotopic (exact) mass is 269 g/mol. The van der Waals surface area contributed by atoms with Gasteiger partial charge in [0.15, 0.2) is 0 Å². The van der Waals surface area contributed by atoms with Crippen LogP contribution in [-0.2, 0) is 9.59 Å². The number of nitrogens with two attached hydrogens (primary N) is 1. The highest BCUT2D eigenvalue weighted by molar-refractivity contribution is 5.90. The highest BCUT2D eigenvalue weighted by Crippen LogP contribution is 2.36. The van der Waals surface area contributed by atoms with E-state index in [-0.39, 0.29) is 17.9 Å². The Labute approximate surface area is 115 Å². The number of likely N-dealkylation sites (N-methyl/N-ethyl adjacent to an activating group) is 1. The number of nitrogens with one attached hydrogen (secondary N) is 2. The van der Waals surface area contributed by atoms with Crippen molar-refractivity contribution in [3.63, 3.8) is 0 Å². The van der Waals surface area contributed by atoms with Gasteiger partial charge in [0, 0.05) is 13.1 Å². The van der Waals surface area contributed by atoms with Gasteiger partial charge in [-0.15, -0.1) is 0 Å². The smallest absolute Gasteiger partial charge is 0.242 e. The van der Waals surface area contributed by atoms with Crippen LogP contribution in [0.15, 0.2) is 0 Å². The second kappa shape index (κ2) is 6.37. The fraction of sp³-hybridized carbons (Fsp3) is 0.857. The maximum atomic E-state index is 12.4. The third-order valence-corrected chi connectivity index (χ3v) is 4.12. The predicted octanol–water partition coefficient (Wildman–Crippen LogP) is 0.781. The fourth-order valence-electron chi connectivity index (χ4n) is 2.68. The standard InChI is InChI=1S/C14H27N3O2/c1-9(2)8-10(12(18)16-4)17-13(19)14(3)7-5-6-11(14)15/h9-11H,5-8,15H2,1-4H3,(H,16,18)(H,17,19). The molecule has 3 unspecified atom stereocenters. The molecule has 0 bridgehead atoms. The van der Waals surface area contributed by atoms with Crippen LogP contribution < -0.4 is 16.4 Å². The number of rotatable bonds is 5. The van der Waals surface area contributed by atoms with E-state index in [4.69, 9.17) is 5.73 Å². The summed E-state index contributed by atoms with van der Waals surface area (Å²) >= 11 is 0. The molecule has 110 valence electrons. The van der Waals surface area contributed by atoms with E-state index in [1.54, 1.807) is 7.05 Å². The molecule has 0 aliphatic heterocycles. The molecular weight excluding hydrogens is 242 g/mol. The van der Waals surface area contributed by atoms with Crippen LogP contribution in [0.2, 0.25) is 0 Å². The summed E-state index contributed by atoms with van der Waals surface area (Å²) in [6.07, 6.45) is 3.28. The topological polar surface area (TPSA) is 84.2 Å². The lowest BCUT2D eigenvalue weighted by Crippen LogP contribution is -2.54. The van der Waals surface area contributed by atoms with E-state index in [1.807, 2.05) is 20.8 Å². The van der Waals surface area contributed by atoms with Crippen LogP contribution in [0.1, 0.15) is 46.5 Å².